The number of rotatable bonds is 4. The molecule has 8 heteroatoms. The first-order chi connectivity index (χ1) is 14.3. The largest absolute Gasteiger partial charge is 0.454 e. The number of anilines is 1. The van der Waals surface area contributed by atoms with E-state index in [1.165, 1.54) is 0 Å². The number of sulfonamides is 1. The van der Waals surface area contributed by atoms with E-state index in [1.807, 2.05) is 37.3 Å². The van der Waals surface area contributed by atoms with Crippen molar-refractivity contribution in [3.05, 3.63) is 82.9 Å². The zero-order valence-electron chi connectivity index (χ0n) is 16.4. The Morgan fingerprint density at radius 1 is 1.00 bits per heavy atom. The molecule has 0 saturated carbocycles. The second kappa shape index (κ2) is 8.01. The molecule has 154 valence electrons. The van der Waals surface area contributed by atoms with E-state index < -0.39 is 10.0 Å². The number of nitrogens with one attached hydrogen (secondary N) is 2. The minimum atomic E-state index is -3.82. The molecule has 0 aromatic heterocycles. The Morgan fingerprint density at radius 2 is 1.70 bits per heavy atom. The van der Waals surface area contributed by atoms with Crippen LogP contribution in [0.4, 0.5) is 5.69 Å². The summed E-state index contributed by atoms with van der Waals surface area (Å²) >= 11 is 6.22. The van der Waals surface area contributed by atoms with Crippen LogP contribution >= 0.6 is 11.6 Å². The van der Waals surface area contributed by atoms with Crippen molar-refractivity contribution in [3.63, 3.8) is 0 Å². The quantitative estimate of drug-likeness (QED) is 0.578. The molecular formula is C22H20ClN3O3S. The van der Waals surface area contributed by atoms with Crippen LogP contribution in [0, 0.1) is 6.92 Å². The molecule has 0 fully saturated rings. The average Bonchev–Trinajstić information content (AvgIpc) is 2.71. The Hall–Kier alpha value is -3.03. The van der Waals surface area contributed by atoms with Crippen molar-refractivity contribution in [2.24, 2.45) is 4.99 Å². The van der Waals surface area contributed by atoms with Gasteiger partial charge in [-0.3, -0.25) is 0 Å². The predicted molar refractivity (Wildman–Crippen MR) is 119 cm³/mol. The number of guanidine groups is 1. The van der Waals surface area contributed by atoms with Gasteiger partial charge in [0.15, 0.2) is 5.75 Å². The van der Waals surface area contributed by atoms with Crippen LogP contribution in [0.15, 0.2) is 76.6 Å². The normalized spacial score (nSPS) is 16.8. The summed E-state index contributed by atoms with van der Waals surface area (Å²) in [5.41, 5.74) is 2.02. The van der Waals surface area contributed by atoms with Crippen molar-refractivity contribution >= 4 is 33.3 Å². The summed E-state index contributed by atoms with van der Waals surface area (Å²) in [6.45, 7) is 3.69. The lowest BCUT2D eigenvalue weighted by Crippen LogP contribution is -2.41. The molecule has 30 heavy (non-hydrogen) atoms. The molecule has 0 amide bonds. The molecule has 4 rings (SSSR count). The Bertz CT molecular complexity index is 1230. The second-order valence-corrected chi connectivity index (χ2v) is 9.02. The van der Waals surface area contributed by atoms with Crippen LogP contribution in [-0.2, 0) is 10.0 Å². The molecule has 0 unspecified atom stereocenters. The first-order valence-electron chi connectivity index (χ1n) is 9.33. The maximum Gasteiger partial charge on any atom is 0.266 e. The third-order valence-corrected chi connectivity index (χ3v) is 6.31. The van der Waals surface area contributed by atoms with Crippen LogP contribution in [0.3, 0.4) is 0 Å². The number of aryl methyl sites for hydroxylation is 1. The third kappa shape index (κ3) is 4.13. The third-order valence-electron chi connectivity index (χ3n) is 4.64. The Balaban J connectivity index is 1.76. The zero-order chi connectivity index (χ0) is 21.3. The van der Waals surface area contributed by atoms with Gasteiger partial charge in [-0.1, -0.05) is 54.1 Å². The molecule has 1 aliphatic rings. The molecule has 6 nitrogen and oxygen atoms in total. The van der Waals surface area contributed by atoms with Gasteiger partial charge in [0.25, 0.3) is 10.0 Å². The fourth-order valence-corrected chi connectivity index (χ4v) is 4.57. The van der Waals surface area contributed by atoms with E-state index in [2.05, 4.69) is 15.0 Å². The van der Waals surface area contributed by atoms with Gasteiger partial charge in [0.2, 0.25) is 5.96 Å². The van der Waals surface area contributed by atoms with E-state index >= 15 is 0 Å². The summed E-state index contributed by atoms with van der Waals surface area (Å²) in [6, 6.07) is 19.7. The molecule has 1 aliphatic heterocycles. The first kappa shape index (κ1) is 20.3. The van der Waals surface area contributed by atoms with Crippen molar-refractivity contribution in [2.75, 3.05) is 5.32 Å². The number of hydrogen-bond acceptors (Lipinski definition) is 4. The number of fused-ring (bicyclic) bond motifs is 1. The highest BCUT2D eigenvalue weighted by Crippen LogP contribution is 2.39. The Labute approximate surface area is 180 Å². The summed E-state index contributed by atoms with van der Waals surface area (Å²) < 4.78 is 34.3. The minimum Gasteiger partial charge on any atom is -0.454 e. The SMILES string of the molecule is Cc1cc(Oc2ccccc2Cl)c2c(c1)S(=O)(=O)NC(=N[C@@H](C)c1ccccc1)N2. The summed E-state index contributed by atoms with van der Waals surface area (Å²) in [5.74, 6) is 0.913. The van der Waals surface area contributed by atoms with Gasteiger partial charge < -0.3 is 10.1 Å². The predicted octanol–water partition coefficient (Wildman–Crippen LogP) is 5.26. The molecular weight excluding hydrogens is 422 g/mol. The van der Waals surface area contributed by atoms with Gasteiger partial charge in [0, 0.05) is 0 Å². The fourth-order valence-electron chi connectivity index (χ4n) is 3.17. The number of nitrogens with zero attached hydrogens (tertiary/aromatic N) is 1. The van der Waals surface area contributed by atoms with E-state index in [-0.39, 0.29) is 16.9 Å². The van der Waals surface area contributed by atoms with Crippen molar-refractivity contribution in [1.82, 2.24) is 4.72 Å². The van der Waals surface area contributed by atoms with Gasteiger partial charge in [-0.25, -0.2) is 18.1 Å². The topological polar surface area (TPSA) is 79.8 Å². The number of benzene rings is 3. The average molecular weight is 442 g/mol. The molecule has 2 N–H and O–H groups in total. The second-order valence-electron chi connectivity index (χ2n) is 6.96. The number of aliphatic imine (C=N–C) groups is 1. The van der Waals surface area contributed by atoms with Crippen LogP contribution < -0.4 is 14.8 Å². The maximum absolute atomic E-state index is 12.9. The van der Waals surface area contributed by atoms with Crippen molar-refractivity contribution in [1.29, 1.82) is 0 Å². The van der Waals surface area contributed by atoms with Gasteiger partial charge >= 0.3 is 0 Å². The lowest BCUT2D eigenvalue weighted by atomic mass is 10.1. The Morgan fingerprint density at radius 3 is 2.43 bits per heavy atom. The van der Waals surface area contributed by atoms with Crippen LogP contribution in [0.25, 0.3) is 0 Å². The fraction of sp³-hybridized carbons (Fsp3) is 0.136. The summed E-state index contributed by atoms with van der Waals surface area (Å²) in [4.78, 5) is 4.62. The number of ether oxygens (including phenoxy) is 1. The van der Waals surface area contributed by atoms with Gasteiger partial charge in [0.05, 0.1) is 11.1 Å². The van der Waals surface area contributed by atoms with E-state index in [4.69, 9.17) is 16.3 Å². The van der Waals surface area contributed by atoms with E-state index in [0.29, 0.717) is 22.2 Å². The maximum atomic E-state index is 12.9. The molecule has 0 saturated heterocycles. The first-order valence-corrected chi connectivity index (χ1v) is 11.2. The van der Waals surface area contributed by atoms with Crippen LogP contribution in [0.2, 0.25) is 5.02 Å². The van der Waals surface area contributed by atoms with Gasteiger partial charge in [0.1, 0.15) is 16.3 Å². The monoisotopic (exact) mass is 441 g/mol. The van der Waals surface area contributed by atoms with Crippen molar-refractivity contribution in [3.8, 4) is 11.5 Å². The lowest BCUT2D eigenvalue weighted by molar-refractivity contribution is 0.482. The van der Waals surface area contributed by atoms with Gasteiger partial charge in [-0.15, -0.1) is 0 Å². The minimum absolute atomic E-state index is 0.0934. The summed E-state index contributed by atoms with van der Waals surface area (Å²) in [5, 5.41) is 3.51. The molecule has 0 bridgehead atoms. The van der Waals surface area contributed by atoms with Gasteiger partial charge in [-0.2, -0.15) is 0 Å². The Kier molecular flexibility index (Phi) is 5.40. The zero-order valence-corrected chi connectivity index (χ0v) is 18.0. The highest BCUT2D eigenvalue weighted by molar-refractivity contribution is 7.90. The molecule has 3 aromatic rings. The van der Waals surface area contributed by atoms with Crippen molar-refractivity contribution < 1.29 is 13.2 Å². The highest BCUT2D eigenvalue weighted by atomic mass is 35.5. The summed E-state index contributed by atoms with van der Waals surface area (Å²) in [6.07, 6.45) is 0. The number of para-hydroxylation sites is 1. The molecule has 0 spiro atoms. The molecule has 0 aliphatic carbocycles. The van der Waals surface area contributed by atoms with Crippen LogP contribution in [-0.4, -0.2) is 14.4 Å². The van der Waals surface area contributed by atoms with Crippen molar-refractivity contribution in [2.45, 2.75) is 24.8 Å². The van der Waals surface area contributed by atoms with E-state index in [9.17, 15) is 8.42 Å². The van der Waals surface area contributed by atoms with E-state index in [0.717, 1.165) is 11.1 Å². The van der Waals surface area contributed by atoms with Crippen LogP contribution in [0.1, 0.15) is 24.1 Å². The van der Waals surface area contributed by atoms with E-state index in [1.54, 1.807) is 43.3 Å². The number of halogens is 1. The highest BCUT2D eigenvalue weighted by Gasteiger charge is 2.30. The van der Waals surface area contributed by atoms with Crippen LogP contribution in [0.5, 0.6) is 11.5 Å². The smallest absolute Gasteiger partial charge is 0.266 e. The molecule has 0 radical (unpaired) electrons. The number of hydrogen-bond donors (Lipinski definition) is 2. The standard InChI is InChI=1S/C22H20ClN3O3S/c1-14-12-19(29-18-11-7-6-10-17(18)23)21-20(13-14)30(27,28)26-22(25-21)24-15(2)16-8-4-3-5-9-16/h3-13,15H,1-2H3,(H2,24,25,26)/t15-/m0/s1. The lowest BCUT2D eigenvalue weighted by Gasteiger charge is -2.25. The molecule has 1 atom stereocenters. The van der Waals surface area contributed by atoms with Gasteiger partial charge in [-0.05, 0) is 49.2 Å². The molecule has 3 aromatic carbocycles. The summed E-state index contributed by atoms with van der Waals surface area (Å²) in [7, 11) is -3.82. The molecule has 1 heterocycles.